The Morgan fingerprint density at radius 1 is 1.20 bits per heavy atom. The number of benzene rings is 1. The standard InChI is InChI=1S/C12H14O3/c1-9(8-13)6-10-4-5-11(14-2)12(7-10)15-3/h4-8H,1-3H3/b9-6+. The molecule has 0 heterocycles. The zero-order chi connectivity index (χ0) is 11.3. The maximum atomic E-state index is 10.5. The number of carbonyl (C=O) groups is 1. The number of methoxy groups -OCH3 is 2. The number of hydrogen-bond acceptors (Lipinski definition) is 3. The molecule has 0 saturated heterocycles. The molecule has 0 radical (unpaired) electrons. The molecule has 0 aliphatic carbocycles. The van der Waals surface area contributed by atoms with Crippen molar-refractivity contribution in [3.8, 4) is 11.5 Å². The first-order chi connectivity index (χ1) is 7.21. The lowest BCUT2D eigenvalue weighted by atomic mass is 10.1. The summed E-state index contributed by atoms with van der Waals surface area (Å²) in [5, 5.41) is 0. The van der Waals surface area contributed by atoms with Gasteiger partial charge in [0.1, 0.15) is 6.29 Å². The Kier molecular flexibility index (Phi) is 3.92. The second-order valence-corrected chi connectivity index (χ2v) is 3.12. The van der Waals surface area contributed by atoms with Crippen LogP contribution in [-0.4, -0.2) is 20.5 Å². The molecule has 0 spiro atoms. The smallest absolute Gasteiger partial charge is 0.161 e. The van der Waals surface area contributed by atoms with Crippen LogP contribution in [0.2, 0.25) is 0 Å². The predicted molar refractivity (Wildman–Crippen MR) is 59.3 cm³/mol. The summed E-state index contributed by atoms with van der Waals surface area (Å²) in [6, 6.07) is 5.50. The highest BCUT2D eigenvalue weighted by atomic mass is 16.5. The summed E-state index contributed by atoms with van der Waals surface area (Å²) >= 11 is 0. The van der Waals surface area contributed by atoms with Crippen molar-refractivity contribution in [1.29, 1.82) is 0 Å². The molecule has 0 atom stereocenters. The lowest BCUT2D eigenvalue weighted by Crippen LogP contribution is -1.90. The minimum absolute atomic E-state index is 0.657. The van der Waals surface area contributed by atoms with Crippen LogP contribution in [0.5, 0.6) is 11.5 Å². The van der Waals surface area contributed by atoms with E-state index < -0.39 is 0 Å². The van der Waals surface area contributed by atoms with E-state index >= 15 is 0 Å². The monoisotopic (exact) mass is 206 g/mol. The predicted octanol–water partition coefficient (Wildman–Crippen LogP) is 2.31. The maximum absolute atomic E-state index is 10.5. The van der Waals surface area contributed by atoms with Crippen LogP contribution >= 0.6 is 0 Å². The maximum Gasteiger partial charge on any atom is 0.161 e. The van der Waals surface area contributed by atoms with E-state index in [1.807, 2.05) is 18.2 Å². The van der Waals surface area contributed by atoms with Crippen molar-refractivity contribution in [2.24, 2.45) is 0 Å². The molecule has 3 heteroatoms. The highest BCUT2D eigenvalue weighted by Gasteiger charge is 2.02. The Morgan fingerprint density at radius 2 is 1.87 bits per heavy atom. The summed E-state index contributed by atoms with van der Waals surface area (Å²) in [7, 11) is 3.17. The Balaban J connectivity index is 3.08. The second kappa shape index (κ2) is 5.20. The van der Waals surface area contributed by atoms with Gasteiger partial charge in [0, 0.05) is 0 Å². The normalized spacial score (nSPS) is 11.0. The molecular formula is C12H14O3. The molecule has 0 aliphatic heterocycles. The highest BCUT2D eigenvalue weighted by Crippen LogP contribution is 2.28. The summed E-state index contributed by atoms with van der Waals surface area (Å²) in [4.78, 5) is 10.5. The van der Waals surface area contributed by atoms with Gasteiger partial charge in [0.25, 0.3) is 0 Å². The molecule has 0 saturated carbocycles. The van der Waals surface area contributed by atoms with Gasteiger partial charge in [0.05, 0.1) is 14.2 Å². The van der Waals surface area contributed by atoms with Crippen LogP contribution in [0.3, 0.4) is 0 Å². The molecule has 0 aliphatic rings. The Labute approximate surface area is 89.3 Å². The summed E-state index contributed by atoms with van der Waals surface area (Å²) in [6.07, 6.45) is 2.60. The van der Waals surface area contributed by atoms with Crippen LogP contribution in [0.15, 0.2) is 23.8 Å². The van der Waals surface area contributed by atoms with Crippen molar-refractivity contribution in [2.45, 2.75) is 6.92 Å². The van der Waals surface area contributed by atoms with E-state index in [2.05, 4.69) is 0 Å². The van der Waals surface area contributed by atoms with Crippen molar-refractivity contribution >= 4 is 12.4 Å². The summed E-state index contributed by atoms with van der Waals surface area (Å²) in [5.74, 6) is 1.34. The minimum Gasteiger partial charge on any atom is -0.493 e. The number of hydrogen-bond donors (Lipinski definition) is 0. The fourth-order valence-corrected chi connectivity index (χ4v) is 1.24. The van der Waals surface area contributed by atoms with Crippen molar-refractivity contribution in [3.05, 3.63) is 29.3 Å². The topological polar surface area (TPSA) is 35.5 Å². The Bertz CT molecular complexity index is 380. The summed E-state index contributed by atoms with van der Waals surface area (Å²) in [6.45, 7) is 1.75. The molecule has 0 N–H and O–H groups in total. The third-order valence-electron chi connectivity index (χ3n) is 1.99. The van der Waals surface area contributed by atoms with Crippen LogP contribution < -0.4 is 9.47 Å². The van der Waals surface area contributed by atoms with Gasteiger partial charge >= 0.3 is 0 Å². The van der Waals surface area contributed by atoms with Crippen molar-refractivity contribution in [3.63, 3.8) is 0 Å². The molecule has 3 nitrogen and oxygen atoms in total. The third-order valence-corrected chi connectivity index (χ3v) is 1.99. The van der Waals surface area contributed by atoms with Crippen LogP contribution in [-0.2, 0) is 4.79 Å². The van der Waals surface area contributed by atoms with E-state index in [0.29, 0.717) is 17.1 Å². The first-order valence-electron chi connectivity index (χ1n) is 4.56. The molecule has 1 aromatic rings. The summed E-state index contributed by atoms with van der Waals surface area (Å²) in [5.41, 5.74) is 1.58. The molecule has 0 aromatic heterocycles. The van der Waals surface area contributed by atoms with Gasteiger partial charge in [0.15, 0.2) is 11.5 Å². The highest BCUT2D eigenvalue weighted by molar-refractivity contribution is 5.81. The molecule has 1 aromatic carbocycles. The lowest BCUT2D eigenvalue weighted by Gasteiger charge is -2.07. The molecular weight excluding hydrogens is 192 g/mol. The van der Waals surface area contributed by atoms with Gasteiger partial charge in [-0.1, -0.05) is 6.07 Å². The fourth-order valence-electron chi connectivity index (χ4n) is 1.24. The van der Waals surface area contributed by atoms with Gasteiger partial charge in [-0.2, -0.15) is 0 Å². The first-order valence-corrected chi connectivity index (χ1v) is 4.56. The van der Waals surface area contributed by atoms with Crippen molar-refractivity contribution in [1.82, 2.24) is 0 Å². The van der Waals surface area contributed by atoms with Gasteiger partial charge < -0.3 is 9.47 Å². The molecule has 0 unspecified atom stereocenters. The molecule has 0 fully saturated rings. The second-order valence-electron chi connectivity index (χ2n) is 3.12. The van der Waals surface area contributed by atoms with E-state index in [-0.39, 0.29) is 0 Å². The van der Waals surface area contributed by atoms with Crippen LogP contribution in [0.25, 0.3) is 6.08 Å². The average molecular weight is 206 g/mol. The van der Waals surface area contributed by atoms with E-state index in [4.69, 9.17) is 9.47 Å². The zero-order valence-electron chi connectivity index (χ0n) is 9.11. The molecule has 15 heavy (non-hydrogen) atoms. The van der Waals surface area contributed by atoms with Gasteiger partial charge in [-0.3, -0.25) is 4.79 Å². The summed E-state index contributed by atoms with van der Waals surface area (Å²) < 4.78 is 10.3. The Hall–Kier alpha value is -1.77. The first kappa shape index (κ1) is 11.3. The number of allylic oxidation sites excluding steroid dienone is 1. The van der Waals surface area contributed by atoms with Gasteiger partial charge in [-0.05, 0) is 36.3 Å². The van der Waals surface area contributed by atoms with E-state index in [9.17, 15) is 4.79 Å². The Morgan fingerprint density at radius 3 is 2.40 bits per heavy atom. The van der Waals surface area contributed by atoms with E-state index in [1.54, 1.807) is 27.2 Å². The number of aldehydes is 1. The molecule has 1 rings (SSSR count). The third kappa shape index (κ3) is 2.84. The van der Waals surface area contributed by atoms with Gasteiger partial charge in [-0.25, -0.2) is 0 Å². The molecule has 0 amide bonds. The number of carbonyl (C=O) groups excluding carboxylic acids is 1. The van der Waals surface area contributed by atoms with Crippen LogP contribution in [0.4, 0.5) is 0 Å². The van der Waals surface area contributed by atoms with Gasteiger partial charge in [-0.15, -0.1) is 0 Å². The minimum atomic E-state index is 0.657. The van der Waals surface area contributed by atoms with Gasteiger partial charge in [0.2, 0.25) is 0 Å². The number of ether oxygens (including phenoxy) is 2. The zero-order valence-corrected chi connectivity index (χ0v) is 9.11. The average Bonchev–Trinajstić information content (AvgIpc) is 2.28. The van der Waals surface area contributed by atoms with Crippen molar-refractivity contribution < 1.29 is 14.3 Å². The molecule has 80 valence electrons. The quantitative estimate of drug-likeness (QED) is 0.560. The fraction of sp³-hybridized carbons (Fsp3) is 0.250. The lowest BCUT2D eigenvalue weighted by molar-refractivity contribution is -0.104. The van der Waals surface area contributed by atoms with Crippen LogP contribution in [0, 0.1) is 0 Å². The SMILES string of the molecule is COc1ccc(/C=C(\C)C=O)cc1OC. The molecule has 0 bridgehead atoms. The largest absolute Gasteiger partial charge is 0.493 e. The van der Waals surface area contributed by atoms with E-state index in [1.165, 1.54) is 0 Å². The van der Waals surface area contributed by atoms with Crippen molar-refractivity contribution in [2.75, 3.05) is 14.2 Å². The number of rotatable bonds is 4. The van der Waals surface area contributed by atoms with E-state index in [0.717, 1.165) is 11.8 Å². The van der Waals surface area contributed by atoms with Crippen LogP contribution in [0.1, 0.15) is 12.5 Å².